The Hall–Kier alpha value is -2.70. The number of nitrogens with zero attached hydrogens (tertiary/aromatic N) is 2. The van der Waals surface area contributed by atoms with Gasteiger partial charge in [-0.25, -0.2) is 4.98 Å². The maximum Gasteiger partial charge on any atom is 0.126 e. The minimum Gasteiger partial charge on any atom is -0.397 e. The molecule has 0 saturated heterocycles. The summed E-state index contributed by atoms with van der Waals surface area (Å²) in [5, 5.41) is 1.16. The first-order chi connectivity index (χ1) is 16.3. The number of hydrogen-bond acceptors (Lipinski definition) is 6. The van der Waals surface area contributed by atoms with Crippen LogP contribution in [0, 0.1) is 0 Å². The van der Waals surface area contributed by atoms with Gasteiger partial charge in [0.1, 0.15) is 4.83 Å². The third kappa shape index (κ3) is 4.14. The zero-order chi connectivity index (χ0) is 24.0. The van der Waals surface area contributed by atoms with E-state index in [1.165, 1.54) is 32.6 Å². The zero-order valence-corrected chi connectivity index (χ0v) is 21.4. The summed E-state index contributed by atoms with van der Waals surface area (Å²) >= 11 is 1.81. The molecule has 0 bridgehead atoms. The van der Waals surface area contributed by atoms with Gasteiger partial charge in [-0.15, -0.1) is 11.3 Å². The Kier molecular flexibility index (Phi) is 5.98. The molecule has 178 valence electrons. The van der Waals surface area contributed by atoms with Crippen molar-refractivity contribution in [3.05, 3.63) is 58.4 Å². The number of hydrogen-bond donors (Lipinski definition) is 2. The number of benzene rings is 1. The minimum absolute atomic E-state index is 0.165. The molecule has 0 fully saturated rings. The number of nitrogens with two attached hydrogens (primary N) is 2. The van der Waals surface area contributed by atoms with Crippen LogP contribution in [0.5, 0.6) is 0 Å². The average Bonchev–Trinajstić information content (AvgIpc) is 3.17. The van der Waals surface area contributed by atoms with Crippen molar-refractivity contribution in [2.75, 3.05) is 11.5 Å². The van der Waals surface area contributed by atoms with Gasteiger partial charge in [0.05, 0.1) is 39.5 Å². The molecule has 0 radical (unpaired) electrons. The summed E-state index contributed by atoms with van der Waals surface area (Å²) in [5.74, 6) is 0.448. The maximum atomic E-state index is 6.06. The quantitative estimate of drug-likeness (QED) is 0.309. The van der Waals surface area contributed by atoms with E-state index >= 15 is 0 Å². The fourth-order valence-electron chi connectivity index (χ4n) is 5.17. The molecule has 0 aliphatic carbocycles. The molecular weight excluding hydrogens is 440 g/mol. The Morgan fingerprint density at radius 3 is 2.71 bits per heavy atom. The van der Waals surface area contributed by atoms with E-state index in [2.05, 4.69) is 46.0 Å². The van der Waals surface area contributed by atoms with E-state index in [1.54, 1.807) is 0 Å². The largest absolute Gasteiger partial charge is 0.397 e. The first kappa shape index (κ1) is 23.1. The predicted molar refractivity (Wildman–Crippen MR) is 143 cm³/mol. The number of pyridine rings is 2. The number of nitrogen functional groups attached to an aromatic ring is 2. The third-order valence-electron chi connectivity index (χ3n) is 7.19. The van der Waals surface area contributed by atoms with Crippen LogP contribution < -0.4 is 11.5 Å². The second-order valence-electron chi connectivity index (χ2n) is 10.1. The molecule has 34 heavy (non-hydrogen) atoms. The van der Waals surface area contributed by atoms with Crippen LogP contribution in [0.25, 0.3) is 20.4 Å². The molecule has 1 aliphatic rings. The fourth-order valence-corrected chi connectivity index (χ4v) is 6.45. The van der Waals surface area contributed by atoms with Crippen molar-refractivity contribution in [1.29, 1.82) is 0 Å². The van der Waals surface area contributed by atoms with Gasteiger partial charge in [0.25, 0.3) is 0 Å². The topological polar surface area (TPSA) is 87.0 Å². The van der Waals surface area contributed by atoms with Crippen molar-refractivity contribution in [1.82, 2.24) is 9.97 Å². The SMILES string of the molecule is CCc1cnc2c(sc3nc4c(cc32)COC(C)(C)C4)c1C(CC)CCc1ccc(N)c(N)c1. The number of ether oxygens (including phenoxy) is 1. The fraction of sp³-hybridized carbons (Fsp3) is 0.429. The van der Waals surface area contributed by atoms with E-state index < -0.39 is 0 Å². The lowest BCUT2D eigenvalue weighted by molar-refractivity contribution is -0.0411. The molecule has 1 aromatic carbocycles. The lowest BCUT2D eigenvalue weighted by atomic mass is 9.87. The van der Waals surface area contributed by atoms with Gasteiger partial charge >= 0.3 is 0 Å². The van der Waals surface area contributed by atoms with Gasteiger partial charge in [-0.05, 0) is 80.3 Å². The highest BCUT2D eigenvalue weighted by Crippen LogP contribution is 2.42. The Morgan fingerprint density at radius 1 is 1.15 bits per heavy atom. The maximum absolute atomic E-state index is 6.06. The van der Waals surface area contributed by atoms with E-state index in [0.717, 1.165) is 47.8 Å². The summed E-state index contributed by atoms with van der Waals surface area (Å²) in [7, 11) is 0. The highest BCUT2D eigenvalue weighted by Gasteiger charge is 2.28. The second kappa shape index (κ2) is 8.82. The van der Waals surface area contributed by atoms with E-state index in [1.807, 2.05) is 23.5 Å². The van der Waals surface area contributed by atoms with Crippen LogP contribution >= 0.6 is 11.3 Å². The minimum atomic E-state index is -0.165. The third-order valence-corrected chi connectivity index (χ3v) is 8.31. The molecule has 0 saturated carbocycles. The monoisotopic (exact) mass is 474 g/mol. The van der Waals surface area contributed by atoms with Crippen LogP contribution in [0.3, 0.4) is 0 Å². The van der Waals surface area contributed by atoms with Crippen molar-refractivity contribution in [3.63, 3.8) is 0 Å². The normalized spacial score (nSPS) is 16.1. The molecule has 5 nitrogen and oxygen atoms in total. The molecule has 0 spiro atoms. The molecule has 6 heteroatoms. The number of rotatable bonds is 6. The van der Waals surface area contributed by atoms with Crippen LogP contribution in [0.2, 0.25) is 0 Å². The molecule has 1 atom stereocenters. The molecule has 4 aromatic rings. The van der Waals surface area contributed by atoms with E-state index in [9.17, 15) is 0 Å². The van der Waals surface area contributed by atoms with Gasteiger partial charge in [-0.1, -0.05) is 19.9 Å². The van der Waals surface area contributed by atoms with Gasteiger partial charge < -0.3 is 16.2 Å². The lowest BCUT2D eigenvalue weighted by Crippen LogP contribution is -2.32. The van der Waals surface area contributed by atoms with Gasteiger partial charge in [-0.2, -0.15) is 0 Å². The van der Waals surface area contributed by atoms with Gasteiger partial charge in [0.15, 0.2) is 0 Å². The number of fused-ring (bicyclic) bond motifs is 4. The Bertz CT molecular complexity index is 1370. The van der Waals surface area contributed by atoms with Crippen molar-refractivity contribution in [3.8, 4) is 0 Å². The summed E-state index contributed by atoms with van der Waals surface area (Å²) in [5.41, 5.74) is 20.6. The van der Waals surface area contributed by atoms with Gasteiger partial charge in [0, 0.05) is 23.6 Å². The predicted octanol–water partition coefficient (Wildman–Crippen LogP) is 6.55. The van der Waals surface area contributed by atoms with Crippen molar-refractivity contribution in [2.24, 2.45) is 0 Å². The number of thiophene rings is 1. The van der Waals surface area contributed by atoms with Crippen molar-refractivity contribution < 1.29 is 4.74 Å². The first-order valence-corrected chi connectivity index (χ1v) is 13.1. The van der Waals surface area contributed by atoms with Crippen molar-refractivity contribution in [2.45, 2.75) is 77.9 Å². The Morgan fingerprint density at radius 2 is 1.97 bits per heavy atom. The standard InChI is InChI=1S/C28H34N4OS/c1-5-17(9-7-16-8-10-21(29)22(30)11-16)24-18(6-2)14-31-25-20-12-19-15-33-28(3,4)13-23(19)32-27(20)34-26(24)25/h8,10-12,14,17H,5-7,9,13,15,29-30H2,1-4H3. The smallest absolute Gasteiger partial charge is 0.126 e. The summed E-state index contributed by atoms with van der Waals surface area (Å²) < 4.78 is 7.36. The molecule has 1 unspecified atom stereocenters. The molecule has 4 N–H and O–H groups in total. The molecule has 4 heterocycles. The Labute approximate surface area is 205 Å². The van der Waals surface area contributed by atoms with Crippen LogP contribution in [0.4, 0.5) is 11.4 Å². The summed E-state index contributed by atoms with van der Waals surface area (Å²) in [6.07, 6.45) is 7.02. The molecule has 1 aliphatic heterocycles. The zero-order valence-electron chi connectivity index (χ0n) is 20.6. The molecular formula is C28H34N4OS. The summed E-state index contributed by atoms with van der Waals surface area (Å²) in [4.78, 5) is 11.1. The van der Waals surface area contributed by atoms with Crippen molar-refractivity contribution >= 4 is 43.1 Å². The summed E-state index contributed by atoms with van der Waals surface area (Å²) in [6.45, 7) is 9.41. The highest BCUT2D eigenvalue weighted by molar-refractivity contribution is 7.25. The summed E-state index contributed by atoms with van der Waals surface area (Å²) in [6, 6.07) is 8.30. The van der Waals surface area contributed by atoms with E-state index in [0.29, 0.717) is 23.9 Å². The average molecular weight is 475 g/mol. The van der Waals surface area contributed by atoms with Gasteiger partial charge in [-0.3, -0.25) is 4.98 Å². The number of aromatic nitrogens is 2. The van der Waals surface area contributed by atoms with Crippen LogP contribution in [0.1, 0.15) is 74.4 Å². The second-order valence-corrected chi connectivity index (χ2v) is 11.1. The number of aryl methyl sites for hydroxylation is 2. The van der Waals surface area contributed by atoms with Crippen LogP contribution in [-0.2, 0) is 30.6 Å². The highest BCUT2D eigenvalue weighted by atomic mass is 32.1. The Balaban J connectivity index is 1.57. The van der Waals surface area contributed by atoms with Gasteiger partial charge in [0.2, 0.25) is 0 Å². The lowest BCUT2D eigenvalue weighted by Gasteiger charge is -2.30. The van der Waals surface area contributed by atoms with E-state index in [4.69, 9.17) is 26.2 Å². The van der Waals surface area contributed by atoms with E-state index in [-0.39, 0.29) is 5.60 Å². The molecule has 5 rings (SSSR count). The van der Waals surface area contributed by atoms with Crippen LogP contribution in [-0.4, -0.2) is 15.6 Å². The van der Waals surface area contributed by atoms with Crippen LogP contribution in [0.15, 0.2) is 30.5 Å². The number of anilines is 2. The molecule has 0 amide bonds. The first-order valence-electron chi connectivity index (χ1n) is 12.3. The molecule has 3 aromatic heterocycles.